The molecule has 0 radical (unpaired) electrons. The van der Waals surface area contributed by atoms with Crippen molar-refractivity contribution in [2.45, 2.75) is 63.1 Å². The summed E-state index contributed by atoms with van der Waals surface area (Å²) >= 11 is 0. The summed E-state index contributed by atoms with van der Waals surface area (Å²) in [5, 5.41) is 29.7. The van der Waals surface area contributed by atoms with Gasteiger partial charge in [0.15, 0.2) is 0 Å². The van der Waals surface area contributed by atoms with Gasteiger partial charge in [-0.15, -0.1) is 0 Å². The van der Waals surface area contributed by atoms with Crippen molar-refractivity contribution in [3.8, 4) is 0 Å². The Morgan fingerprint density at radius 2 is 1.05 bits per heavy atom. The molecule has 0 unspecified atom stereocenters. The van der Waals surface area contributed by atoms with Gasteiger partial charge in [-0.3, -0.25) is 9.59 Å². The SMILES string of the molecule is O=C(N[C@@H](CO)C(=O)N[C@@H]1CCCC[C@H]1NC(=O)[C@@H](CO)NC(=O)OCc1ccccc1)OCc1ccccc1. The van der Waals surface area contributed by atoms with Gasteiger partial charge >= 0.3 is 12.2 Å². The van der Waals surface area contributed by atoms with Gasteiger partial charge in [0, 0.05) is 12.1 Å². The molecule has 4 amide bonds. The molecule has 40 heavy (non-hydrogen) atoms. The summed E-state index contributed by atoms with van der Waals surface area (Å²) in [6.07, 6.45) is 0.959. The summed E-state index contributed by atoms with van der Waals surface area (Å²) in [5.74, 6) is -1.27. The van der Waals surface area contributed by atoms with E-state index in [0.29, 0.717) is 12.8 Å². The zero-order valence-electron chi connectivity index (χ0n) is 22.1. The maximum Gasteiger partial charge on any atom is 0.408 e. The minimum Gasteiger partial charge on any atom is -0.445 e. The Labute approximate surface area is 232 Å². The molecule has 1 saturated carbocycles. The average Bonchev–Trinajstić information content (AvgIpc) is 2.98. The minimum atomic E-state index is -1.26. The lowest BCUT2D eigenvalue weighted by Gasteiger charge is -2.34. The number of carbonyl (C=O) groups is 4. The molecule has 3 rings (SSSR count). The minimum absolute atomic E-state index is 0.00301. The Morgan fingerprint density at radius 3 is 1.40 bits per heavy atom. The molecule has 0 spiro atoms. The smallest absolute Gasteiger partial charge is 0.408 e. The third kappa shape index (κ3) is 9.86. The van der Waals surface area contributed by atoms with Crippen LogP contribution in [0.4, 0.5) is 9.59 Å². The summed E-state index contributed by atoms with van der Waals surface area (Å²) in [6.45, 7) is -1.30. The van der Waals surface area contributed by atoms with E-state index in [1.165, 1.54) is 0 Å². The van der Waals surface area contributed by atoms with Crippen molar-refractivity contribution in [1.82, 2.24) is 21.3 Å². The second-order valence-electron chi connectivity index (χ2n) is 9.40. The fourth-order valence-electron chi connectivity index (χ4n) is 4.25. The summed E-state index contributed by atoms with van der Waals surface area (Å²) in [7, 11) is 0. The lowest BCUT2D eigenvalue weighted by atomic mass is 9.89. The van der Waals surface area contributed by atoms with Crippen molar-refractivity contribution in [2.75, 3.05) is 13.2 Å². The lowest BCUT2D eigenvalue weighted by molar-refractivity contribution is -0.127. The fraction of sp³-hybridized carbons (Fsp3) is 0.429. The Morgan fingerprint density at radius 1 is 0.675 bits per heavy atom. The highest BCUT2D eigenvalue weighted by Crippen LogP contribution is 2.19. The van der Waals surface area contributed by atoms with Crippen LogP contribution in [0.1, 0.15) is 36.8 Å². The molecule has 0 aliphatic heterocycles. The van der Waals surface area contributed by atoms with Gasteiger partial charge in [-0.2, -0.15) is 0 Å². The summed E-state index contributed by atoms with van der Waals surface area (Å²) in [4.78, 5) is 50.0. The molecule has 1 aliphatic carbocycles. The van der Waals surface area contributed by atoms with Crippen molar-refractivity contribution in [3.63, 3.8) is 0 Å². The quantitative estimate of drug-likeness (QED) is 0.225. The third-order valence-corrected chi connectivity index (χ3v) is 6.43. The van der Waals surface area contributed by atoms with Crippen LogP contribution in [0, 0.1) is 0 Å². The normalized spacial score (nSPS) is 17.9. The van der Waals surface area contributed by atoms with E-state index in [1.54, 1.807) is 48.5 Å². The predicted octanol–water partition coefficient (Wildman–Crippen LogP) is 1.10. The molecular weight excluding hydrogens is 520 g/mol. The second-order valence-corrected chi connectivity index (χ2v) is 9.40. The maximum absolute atomic E-state index is 12.8. The number of amides is 4. The molecule has 0 bridgehead atoms. The van der Waals surface area contributed by atoms with Crippen molar-refractivity contribution >= 4 is 24.0 Å². The standard InChI is InChI=1S/C28H36N4O8/c33-15-23(31-27(37)39-17-19-9-3-1-4-10-19)25(35)29-21-13-7-8-14-22(21)30-26(36)24(16-34)32-28(38)40-18-20-11-5-2-6-12-20/h1-6,9-12,21-24,33-34H,7-8,13-18H2,(H,29,35)(H,30,36)(H,31,37)(H,32,38)/t21-,22-,23-,24+/m1/s1. The number of hydrogen-bond donors (Lipinski definition) is 6. The van der Waals surface area contributed by atoms with E-state index in [1.807, 2.05) is 12.1 Å². The Balaban J connectivity index is 1.49. The van der Waals surface area contributed by atoms with Gasteiger partial charge in [0.1, 0.15) is 25.3 Å². The topological polar surface area (TPSA) is 175 Å². The van der Waals surface area contributed by atoms with Gasteiger partial charge < -0.3 is 41.0 Å². The first-order valence-electron chi connectivity index (χ1n) is 13.2. The first kappa shape index (κ1) is 30.4. The number of carbonyl (C=O) groups excluding carboxylic acids is 4. The highest BCUT2D eigenvalue weighted by molar-refractivity contribution is 5.87. The van der Waals surface area contributed by atoms with Gasteiger partial charge in [-0.05, 0) is 24.0 Å². The molecule has 1 fully saturated rings. The highest BCUT2D eigenvalue weighted by atomic mass is 16.6. The number of benzene rings is 2. The van der Waals surface area contributed by atoms with E-state index in [-0.39, 0.29) is 13.2 Å². The van der Waals surface area contributed by atoms with Crippen molar-refractivity contribution in [3.05, 3.63) is 71.8 Å². The Kier molecular flexibility index (Phi) is 12.2. The summed E-state index contributed by atoms with van der Waals surface area (Å²) in [6, 6.07) is 14.5. The van der Waals surface area contributed by atoms with Crippen LogP contribution < -0.4 is 21.3 Å². The van der Waals surface area contributed by atoms with Crippen LogP contribution in [0.2, 0.25) is 0 Å². The molecule has 1 aliphatic rings. The highest BCUT2D eigenvalue weighted by Gasteiger charge is 2.32. The molecule has 12 nitrogen and oxygen atoms in total. The van der Waals surface area contributed by atoms with Crippen molar-refractivity contribution in [1.29, 1.82) is 0 Å². The van der Waals surface area contributed by atoms with E-state index in [0.717, 1.165) is 24.0 Å². The predicted molar refractivity (Wildman–Crippen MR) is 144 cm³/mol. The van der Waals surface area contributed by atoms with Crippen molar-refractivity contribution in [2.24, 2.45) is 0 Å². The summed E-state index contributed by atoms with van der Waals surface area (Å²) in [5.41, 5.74) is 1.53. The largest absolute Gasteiger partial charge is 0.445 e. The number of hydrogen-bond acceptors (Lipinski definition) is 8. The first-order chi connectivity index (χ1) is 19.4. The lowest BCUT2D eigenvalue weighted by Crippen LogP contribution is -2.60. The number of aliphatic hydroxyl groups is 2. The van der Waals surface area contributed by atoms with Crippen LogP contribution >= 0.6 is 0 Å². The van der Waals surface area contributed by atoms with Gasteiger partial charge in [-0.1, -0.05) is 73.5 Å². The molecule has 0 saturated heterocycles. The van der Waals surface area contributed by atoms with Gasteiger partial charge in [0.25, 0.3) is 0 Å². The summed E-state index contributed by atoms with van der Waals surface area (Å²) < 4.78 is 10.2. The Hall–Kier alpha value is -4.16. The zero-order chi connectivity index (χ0) is 28.7. The Bertz CT molecular complexity index is 1010. The molecule has 12 heteroatoms. The molecule has 2 aromatic carbocycles. The third-order valence-electron chi connectivity index (χ3n) is 6.43. The molecule has 0 aromatic heterocycles. The second kappa shape index (κ2) is 16.1. The van der Waals surface area contributed by atoms with Crippen LogP contribution in [0.15, 0.2) is 60.7 Å². The van der Waals surface area contributed by atoms with Crippen molar-refractivity contribution < 1.29 is 38.9 Å². The number of alkyl carbamates (subject to hydrolysis) is 2. The zero-order valence-corrected chi connectivity index (χ0v) is 22.1. The molecule has 6 N–H and O–H groups in total. The average molecular weight is 557 g/mol. The molecule has 0 heterocycles. The van der Waals surface area contributed by atoms with E-state index in [2.05, 4.69) is 21.3 Å². The number of aliphatic hydroxyl groups excluding tert-OH is 2. The van der Waals surface area contributed by atoms with Gasteiger partial charge in [0.05, 0.1) is 13.2 Å². The molecule has 216 valence electrons. The van der Waals surface area contributed by atoms with Gasteiger partial charge in [-0.25, -0.2) is 9.59 Å². The number of rotatable bonds is 12. The number of ether oxygens (including phenoxy) is 2. The van der Waals surface area contributed by atoms with Crippen LogP contribution in [0.5, 0.6) is 0 Å². The fourth-order valence-corrected chi connectivity index (χ4v) is 4.25. The van der Waals surface area contributed by atoms with E-state index < -0.39 is 61.4 Å². The van der Waals surface area contributed by atoms with Crippen LogP contribution in [0.25, 0.3) is 0 Å². The first-order valence-corrected chi connectivity index (χ1v) is 13.2. The van der Waals surface area contributed by atoms with Crippen LogP contribution in [-0.2, 0) is 32.3 Å². The van der Waals surface area contributed by atoms with Crippen LogP contribution in [0.3, 0.4) is 0 Å². The molecule has 4 atom stereocenters. The van der Waals surface area contributed by atoms with E-state index >= 15 is 0 Å². The molecule has 2 aromatic rings. The monoisotopic (exact) mass is 556 g/mol. The van der Waals surface area contributed by atoms with E-state index in [4.69, 9.17) is 9.47 Å². The van der Waals surface area contributed by atoms with E-state index in [9.17, 15) is 29.4 Å². The maximum atomic E-state index is 12.8. The molecular formula is C28H36N4O8. The number of nitrogens with one attached hydrogen (secondary N) is 4. The van der Waals surface area contributed by atoms with Gasteiger partial charge in [0.2, 0.25) is 11.8 Å². The van der Waals surface area contributed by atoms with Crippen LogP contribution in [-0.4, -0.2) is 71.6 Å².